The molecule has 0 heterocycles. The normalized spacial score (nSPS) is 11.4. The van der Waals surface area contributed by atoms with Crippen molar-refractivity contribution < 1.29 is 26.7 Å². The van der Waals surface area contributed by atoms with E-state index in [1.165, 1.54) is 19.2 Å². The van der Waals surface area contributed by atoms with E-state index in [-0.39, 0.29) is 0 Å². The van der Waals surface area contributed by atoms with E-state index >= 15 is 0 Å². The molecule has 8 heteroatoms. The lowest BCUT2D eigenvalue weighted by molar-refractivity contribution is 0.234. The van der Waals surface area contributed by atoms with Crippen LogP contribution < -0.4 is 14.8 Å². The first-order valence-electron chi connectivity index (χ1n) is 7.08. The summed E-state index contributed by atoms with van der Waals surface area (Å²) < 4.78 is 58.4. The largest absolute Gasteiger partial charge is 0.493 e. The van der Waals surface area contributed by atoms with Crippen LogP contribution in [0.1, 0.15) is 6.92 Å². The van der Waals surface area contributed by atoms with Crippen molar-refractivity contribution in [1.82, 2.24) is 0 Å². The van der Waals surface area contributed by atoms with Crippen molar-refractivity contribution in [2.24, 2.45) is 0 Å². The second-order valence-corrected chi connectivity index (χ2v) is 6.67. The summed E-state index contributed by atoms with van der Waals surface area (Å²) in [5, 5.41) is 3.04. The summed E-state index contributed by atoms with van der Waals surface area (Å²) in [6.07, 6.45) is 0. The van der Waals surface area contributed by atoms with Gasteiger partial charge in [-0.3, -0.25) is 0 Å². The lowest BCUT2D eigenvalue weighted by Gasteiger charge is -2.12. The van der Waals surface area contributed by atoms with Crippen molar-refractivity contribution in [2.75, 3.05) is 19.0 Å². The zero-order valence-electron chi connectivity index (χ0n) is 13.1. The standard InChI is InChI=1S/C16H17F2NO4S/c1-3-23-14-9-6-12(10-15(14)22-2)19-11-4-7-13(8-5-11)24(20,21)16(17)18/h4-10,16,19H,3H2,1-2H3. The van der Waals surface area contributed by atoms with Crippen molar-refractivity contribution >= 4 is 21.2 Å². The van der Waals surface area contributed by atoms with Gasteiger partial charge in [-0.2, -0.15) is 8.78 Å². The quantitative estimate of drug-likeness (QED) is 0.816. The molecule has 0 aliphatic heterocycles. The second-order valence-electron chi connectivity index (χ2n) is 4.75. The number of anilines is 2. The zero-order chi connectivity index (χ0) is 17.7. The molecular weight excluding hydrogens is 340 g/mol. The third-order valence-electron chi connectivity index (χ3n) is 3.17. The molecule has 0 amide bonds. The number of sulfone groups is 1. The Hall–Kier alpha value is -2.35. The number of halogens is 2. The van der Waals surface area contributed by atoms with Gasteiger partial charge in [0.15, 0.2) is 11.5 Å². The van der Waals surface area contributed by atoms with Crippen LogP contribution in [0.15, 0.2) is 47.4 Å². The fourth-order valence-electron chi connectivity index (χ4n) is 2.02. The van der Waals surface area contributed by atoms with Gasteiger partial charge in [0.1, 0.15) is 0 Å². The first-order chi connectivity index (χ1) is 11.4. The molecule has 0 bridgehead atoms. The minimum atomic E-state index is -4.59. The molecule has 0 saturated heterocycles. The molecule has 1 N–H and O–H groups in total. The third kappa shape index (κ3) is 3.94. The van der Waals surface area contributed by atoms with Gasteiger partial charge in [0.25, 0.3) is 0 Å². The van der Waals surface area contributed by atoms with Crippen molar-refractivity contribution in [2.45, 2.75) is 17.6 Å². The van der Waals surface area contributed by atoms with Crippen LogP contribution in [0.2, 0.25) is 0 Å². The van der Waals surface area contributed by atoms with E-state index in [2.05, 4.69) is 5.32 Å². The molecule has 2 aromatic carbocycles. The van der Waals surface area contributed by atoms with Crippen LogP contribution in [0.5, 0.6) is 11.5 Å². The van der Waals surface area contributed by atoms with Crippen molar-refractivity contribution in [1.29, 1.82) is 0 Å². The van der Waals surface area contributed by atoms with Crippen LogP contribution in [0, 0.1) is 0 Å². The Bertz CT molecular complexity index is 792. The first kappa shape index (κ1) is 18.0. The maximum absolute atomic E-state index is 12.5. The fourth-order valence-corrected chi connectivity index (χ4v) is 2.74. The van der Waals surface area contributed by atoms with Gasteiger partial charge in [-0.15, -0.1) is 0 Å². The number of hydrogen-bond acceptors (Lipinski definition) is 5. The van der Waals surface area contributed by atoms with Gasteiger partial charge in [0, 0.05) is 17.4 Å². The number of rotatable bonds is 7. The van der Waals surface area contributed by atoms with Gasteiger partial charge in [-0.05, 0) is 43.3 Å². The van der Waals surface area contributed by atoms with Crippen LogP contribution in [0.3, 0.4) is 0 Å². The molecule has 0 aromatic heterocycles. The maximum Gasteiger partial charge on any atom is 0.341 e. The van der Waals surface area contributed by atoms with E-state index in [4.69, 9.17) is 9.47 Å². The summed E-state index contributed by atoms with van der Waals surface area (Å²) in [5.74, 6) is -2.30. The van der Waals surface area contributed by atoms with Crippen LogP contribution >= 0.6 is 0 Å². The molecule has 0 fully saturated rings. The molecule has 0 unspecified atom stereocenters. The number of benzene rings is 2. The Labute approximate surface area is 139 Å². The van der Waals surface area contributed by atoms with E-state index in [1.807, 2.05) is 6.92 Å². The minimum absolute atomic E-state index is 0.424. The maximum atomic E-state index is 12.5. The minimum Gasteiger partial charge on any atom is -0.493 e. The van der Waals surface area contributed by atoms with Gasteiger partial charge in [-0.1, -0.05) is 0 Å². The Kier molecular flexibility index (Phi) is 5.61. The predicted molar refractivity (Wildman–Crippen MR) is 87.1 cm³/mol. The number of alkyl halides is 2. The van der Waals surface area contributed by atoms with Gasteiger partial charge in [0.05, 0.1) is 18.6 Å². The molecule has 2 aromatic rings. The molecule has 5 nitrogen and oxygen atoms in total. The van der Waals surface area contributed by atoms with Crippen LogP contribution in [-0.2, 0) is 9.84 Å². The van der Waals surface area contributed by atoms with Crippen LogP contribution in [0.25, 0.3) is 0 Å². The van der Waals surface area contributed by atoms with E-state index in [9.17, 15) is 17.2 Å². The van der Waals surface area contributed by atoms with Gasteiger partial charge < -0.3 is 14.8 Å². The summed E-state index contributed by atoms with van der Waals surface area (Å²) in [7, 11) is -3.07. The Morgan fingerprint density at radius 1 is 1.04 bits per heavy atom. The van der Waals surface area contributed by atoms with Gasteiger partial charge >= 0.3 is 5.76 Å². The highest BCUT2D eigenvalue weighted by molar-refractivity contribution is 7.91. The van der Waals surface area contributed by atoms with Crippen LogP contribution in [-0.4, -0.2) is 27.9 Å². The Morgan fingerprint density at radius 2 is 1.67 bits per heavy atom. The number of nitrogens with one attached hydrogen (secondary N) is 1. The average molecular weight is 357 g/mol. The van der Waals surface area contributed by atoms with E-state index in [1.54, 1.807) is 18.2 Å². The Morgan fingerprint density at radius 3 is 2.21 bits per heavy atom. The zero-order valence-corrected chi connectivity index (χ0v) is 13.9. The van der Waals surface area contributed by atoms with E-state index < -0.39 is 20.5 Å². The number of hydrogen-bond donors (Lipinski definition) is 1. The molecule has 0 spiro atoms. The lowest BCUT2D eigenvalue weighted by atomic mass is 10.2. The summed E-state index contributed by atoms with van der Waals surface area (Å²) >= 11 is 0. The van der Waals surface area contributed by atoms with Gasteiger partial charge in [0.2, 0.25) is 9.84 Å². The second kappa shape index (κ2) is 7.48. The molecule has 130 valence electrons. The molecule has 0 radical (unpaired) electrons. The first-order valence-corrected chi connectivity index (χ1v) is 8.63. The van der Waals surface area contributed by atoms with Crippen molar-refractivity contribution in [3.63, 3.8) is 0 Å². The molecular formula is C16H17F2NO4S. The smallest absolute Gasteiger partial charge is 0.341 e. The summed E-state index contributed by atoms with van der Waals surface area (Å²) in [6.45, 7) is 2.36. The molecule has 24 heavy (non-hydrogen) atoms. The van der Waals surface area contributed by atoms with Gasteiger partial charge in [-0.25, -0.2) is 8.42 Å². The molecule has 0 aliphatic carbocycles. The number of methoxy groups -OCH3 is 1. The lowest BCUT2D eigenvalue weighted by Crippen LogP contribution is -2.11. The highest BCUT2D eigenvalue weighted by atomic mass is 32.2. The molecule has 0 saturated carbocycles. The monoisotopic (exact) mass is 357 g/mol. The summed E-state index contributed by atoms with van der Waals surface area (Å²) in [5.41, 5.74) is 1.23. The van der Waals surface area contributed by atoms with Crippen molar-refractivity contribution in [3.05, 3.63) is 42.5 Å². The topological polar surface area (TPSA) is 64.6 Å². The Balaban J connectivity index is 2.20. The van der Waals surface area contributed by atoms with Crippen molar-refractivity contribution in [3.8, 4) is 11.5 Å². The SMILES string of the molecule is CCOc1ccc(Nc2ccc(S(=O)(=O)C(F)F)cc2)cc1OC. The van der Waals surface area contributed by atoms with Crippen LogP contribution in [0.4, 0.5) is 20.2 Å². The number of ether oxygens (including phenoxy) is 2. The highest BCUT2D eigenvalue weighted by Gasteiger charge is 2.26. The average Bonchev–Trinajstić information content (AvgIpc) is 2.56. The van der Waals surface area contributed by atoms with E-state index in [0.29, 0.717) is 29.5 Å². The third-order valence-corrected chi connectivity index (χ3v) is 4.57. The highest BCUT2D eigenvalue weighted by Crippen LogP contribution is 2.31. The van der Waals surface area contributed by atoms with E-state index in [0.717, 1.165) is 12.1 Å². The fraction of sp³-hybridized carbons (Fsp3) is 0.250. The predicted octanol–water partition coefficient (Wildman–Crippen LogP) is 3.83. The molecule has 2 rings (SSSR count). The molecule has 0 aliphatic rings. The summed E-state index contributed by atoms with van der Waals surface area (Å²) in [6, 6.07) is 10.3. The molecule has 0 atom stereocenters. The summed E-state index contributed by atoms with van der Waals surface area (Å²) in [4.78, 5) is -0.424.